The fourth-order valence-electron chi connectivity index (χ4n) is 8.94. The van der Waals surface area contributed by atoms with Crippen LogP contribution in [0.5, 0.6) is 0 Å². The average Bonchev–Trinajstić information content (AvgIpc) is 3.25. The van der Waals surface area contributed by atoms with Crippen LogP contribution in [0.2, 0.25) is 0 Å². The molecule has 6 unspecified atom stereocenters. The summed E-state index contributed by atoms with van der Waals surface area (Å²) in [4.78, 5) is 43.0. The predicted octanol–water partition coefficient (Wildman–Crippen LogP) is 4.20. The van der Waals surface area contributed by atoms with Gasteiger partial charge in [0.1, 0.15) is 17.5 Å². The molecule has 0 spiro atoms. The molecule has 0 aromatic heterocycles. The number of ether oxygens (including phenoxy) is 2. The van der Waals surface area contributed by atoms with E-state index in [1.54, 1.807) is 38.8 Å². The first-order valence-electron chi connectivity index (χ1n) is 15.8. The number of ketones is 1. The molecule has 4 rings (SSSR count). The number of piperidine rings is 1. The Bertz CT molecular complexity index is 1070. The summed E-state index contributed by atoms with van der Waals surface area (Å²) in [6, 6.07) is -0.331. The van der Waals surface area contributed by atoms with Crippen molar-refractivity contribution in [2.75, 3.05) is 26.7 Å². The van der Waals surface area contributed by atoms with Crippen molar-refractivity contribution in [2.24, 2.45) is 34.0 Å². The molecular weight excluding hydrogens is 536 g/mol. The minimum atomic E-state index is -0.848. The summed E-state index contributed by atoms with van der Waals surface area (Å²) >= 11 is 0. The van der Waals surface area contributed by atoms with Crippen LogP contribution >= 0.6 is 0 Å². The third-order valence-electron chi connectivity index (χ3n) is 11.7. The number of nitrogens with zero attached hydrogens (tertiary/aromatic N) is 2. The maximum Gasteiger partial charge on any atom is 0.410 e. The molecule has 4 aliphatic rings. The summed E-state index contributed by atoms with van der Waals surface area (Å²) in [5.41, 5.74) is -2.21. The molecule has 10 atom stereocenters. The van der Waals surface area contributed by atoms with E-state index < -0.39 is 46.8 Å². The van der Waals surface area contributed by atoms with Gasteiger partial charge in [-0.25, -0.2) is 4.79 Å². The van der Waals surface area contributed by atoms with E-state index in [0.29, 0.717) is 25.8 Å². The van der Waals surface area contributed by atoms with Crippen LogP contribution < -0.4 is 0 Å². The lowest BCUT2D eigenvalue weighted by Gasteiger charge is -2.61. The molecule has 0 radical (unpaired) electrons. The lowest BCUT2D eigenvalue weighted by atomic mass is 9.44. The van der Waals surface area contributed by atoms with Crippen molar-refractivity contribution in [3.05, 3.63) is 12.7 Å². The van der Waals surface area contributed by atoms with Gasteiger partial charge in [0.25, 0.3) is 0 Å². The van der Waals surface area contributed by atoms with Crippen LogP contribution in [0.4, 0.5) is 4.79 Å². The second-order valence-corrected chi connectivity index (χ2v) is 15.3. The molecule has 9 nitrogen and oxygen atoms in total. The molecule has 9 heteroatoms. The van der Waals surface area contributed by atoms with Crippen LogP contribution in [0.25, 0.3) is 0 Å². The van der Waals surface area contributed by atoms with E-state index in [9.17, 15) is 24.6 Å². The minimum absolute atomic E-state index is 0.0390. The highest BCUT2D eigenvalue weighted by atomic mass is 16.6. The molecule has 1 saturated heterocycles. The number of carbonyl (C=O) groups excluding carboxylic acids is 3. The van der Waals surface area contributed by atoms with Crippen LogP contribution in [-0.4, -0.2) is 94.5 Å². The zero-order chi connectivity index (χ0) is 31.4. The van der Waals surface area contributed by atoms with Crippen LogP contribution in [0.1, 0.15) is 87.0 Å². The van der Waals surface area contributed by atoms with Gasteiger partial charge in [-0.3, -0.25) is 14.5 Å². The van der Waals surface area contributed by atoms with Gasteiger partial charge in [-0.15, -0.1) is 6.58 Å². The fourth-order valence-corrected chi connectivity index (χ4v) is 8.94. The molecule has 0 aromatic rings. The van der Waals surface area contributed by atoms with Crippen molar-refractivity contribution in [3.8, 4) is 0 Å². The van der Waals surface area contributed by atoms with E-state index >= 15 is 0 Å². The third kappa shape index (κ3) is 5.65. The van der Waals surface area contributed by atoms with Gasteiger partial charge in [0.05, 0.1) is 25.3 Å². The molecule has 42 heavy (non-hydrogen) atoms. The number of aliphatic hydroxyl groups is 2. The summed E-state index contributed by atoms with van der Waals surface area (Å²) in [5, 5.41) is 22.6. The zero-order valence-corrected chi connectivity index (χ0v) is 27.0. The number of likely N-dealkylation sites (N-methyl/N-ethyl adjacent to an activating group) is 1. The number of β-amino-alcohol motifs (C(OH)–C–C–N with tert-alkyl or cyclic N) is 1. The van der Waals surface area contributed by atoms with Crippen molar-refractivity contribution in [2.45, 2.75) is 117 Å². The maximum atomic E-state index is 13.6. The van der Waals surface area contributed by atoms with Gasteiger partial charge in [0, 0.05) is 35.8 Å². The van der Waals surface area contributed by atoms with Crippen LogP contribution in [0.3, 0.4) is 0 Å². The topological polar surface area (TPSA) is 117 Å². The number of carbonyl (C=O) groups is 3. The molecule has 4 fully saturated rings. The Labute approximate surface area is 252 Å². The number of esters is 1. The smallest absolute Gasteiger partial charge is 0.410 e. The first-order chi connectivity index (χ1) is 19.4. The Balaban J connectivity index is 1.53. The number of hydrogen-bond acceptors (Lipinski definition) is 8. The Kier molecular flexibility index (Phi) is 9.03. The van der Waals surface area contributed by atoms with Gasteiger partial charge in [-0.05, 0) is 77.2 Å². The summed E-state index contributed by atoms with van der Waals surface area (Å²) in [5.74, 6) is -0.400. The first kappa shape index (κ1) is 32.9. The molecule has 3 saturated carbocycles. The molecule has 3 aliphatic carbocycles. The molecule has 238 valence electrons. The highest BCUT2D eigenvalue weighted by molar-refractivity contribution is 5.85. The van der Waals surface area contributed by atoms with Gasteiger partial charge in [0.15, 0.2) is 0 Å². The second kappa shape index (κ2) is 11.5. The van der Waals surface area contributed by atoms with E-state index in [-0.39, 0.29) is 48.1 Å². The normalized spacial score (nSPS) is 42.4. The monoisotopic (exact) mass is 590 g/mol. The van der Waals surface area contributed by atoms with Crippen molar-refractivity contribution < 1.29 is 34.1 Å². The molecule has 0 aromatic carbocycles. The highest BCUT2D eigenvalue weighted by Gasteiger charge is 2.68. The molecule has 1 amide bonds. The molecule has 2 N–H and O–H groups in total. The fraction of sp³-hybridized carbons (Fsp3) is 0.848. The van der Waals surface area contributed by atoms with E-state index in [0.717, 1.165) is 19.3 Å². The number of likely N-dealkylation sites (tertiary alicyclic amines) is 1. The first-order valence-corrected chi connectivity index (χ1v) is 15.8. The molecule has 2 bridgehead atoms. The quantitative estimate of drug-likeness (QED) is 0.362. The number of Topliss-reactive ketones (excluding diaryl/α,β-unsaturated/α-hetero) is 1. The van der Waals surface area contributed by atoms with Gasteiger partial charge in [-0.2, -0.15) is 0 Å². The number of amides is 1. The Morgan fingerprint density at radius 2 is 1.83 bits per heavy atom. The Hall–Kier alpha value is -1.97. The maximum absolute atomic E-state index is 13.6. The van der Waals surface area contributed by atoms with Crippen LogP contribution in [0, 0.1) is 34.0 Å². The predicted molar refractivity (Wildman–Crippen MR) is 159 cm³/mol. The molecule has 1 aliphatic heterocycles. The van der Waals surface area contributed by atoms with Gasteiger partial charge in [0.2, 0.25) is 0 Å². The summed E-state index contributed by atoms with van der Waals surface area (Å²) in [7, 11) is 1.78. The van der Waals surface area contributed by atoms with Gasteiger partial charge < -0.3 is 24.6 Å². The summed E-state index contributed by atoms with van der Waals surface area (Å²) in [6.45, 7) is 18.4. The number of rotatable bonds is 5. The van der Waals surface area contributed by atoms with Crippen molar-refractivity contribution in [1.82, 2.24) is 9.80 Å². The lowest BCUT2D eigenvalue weighted by Crippen LogP contribution is -2.63. The second-order valence-electron chi connectivity index (χ2n) is 15.3. The number of aliphatic hydroxyl groups excluding tert-OH is 2. The van der Waals surface area contributed by atoms with E-state index in [4.69, 9.17) is 9.47 Å². The SMILES string of the molecule is C=C[C@]1(C)C[C@@H](OC(=O)CN(C)C2CCN(C(=O)OC(C)(C)C)CC2O)[C@]2(C)C(C)CCC3(CCC(=O)C32)[C@@H](C)C1O. The largest absolute Gasteiger partial charge is 0.461 e. The number of hydrogen-bond donors (Lipinski definition) is 2. The van der Waals surface area contributed by atoms with E-state index in [2.05, 4.69) is 27.4 Å². The Morgan fingerprint density at radius 1 is 1.17 bits per heavy atom. The van der Waals surface area contributed by atoms with Gasteiger partial charge >= 0.3 is 12.1 Å². The van der Waals surface area contributed by atoms with E-state index in [1.807, 2.05) is 6.92 Å². The molecule has 1 heterocycles. The van der Waals surface area contributed by atoms with Crippen LogP contribution in [-0.2, 0) is 19.1 Å². The van der Waals surface area contributed by atoms with E-state index in [1.165, 1.54) is 4.90 Å². The molecular formula is C33H54N2O7. The van der Waals surface area contributed by atoms with Gasteiger partial charge in [-0.1, -0.05) is 33.8 Å². The summed E-state index contributed by atoms with van der Waals surface area (Å²) < 4.78 is 11.8. The van der Waals surface area contributed by atoms with Crippen molar-refractivity contribution >= 4 is 17.8 Å². The zero-order valence-electron chi connectivity index (χ0n) is 27.0. The van der Waals surface area contributed by atoms with Crippen LogP contribution in [0.15, 0.2) is 12.7 Å². The van der Waals surface area contributed by atoms with Crippen molar-refractivity contribution in [3.63, 3.8) is 0 Å². The lowest BCUT2D eigenvalue weighted by molar-refractivity contribution is -0.207. The standard InChI is InChI=1S/C33H54N2O7/c1-10-31(7)17-25(32(8)20(2)11-14-33(21(3)28(31)39)15-12-23(36)27(32)33)41-26(38)19-34(9)22-13-16-35(18-24(22)37)29(40)42-30(4,5)6/h10,20-22,24-25,27-28,37,39H,1,11-19H2,2-9H3/t20?,21-,22?,24?,25+,27?,28?,31+,32-,33?/m0/s1. The Morgan fingerprint density at radius 3 is 2.43 bits per heavy atom. The summed E-state index contributed by atoms with van der Waals surface area (Å²) in [6.07, 6.45) is 3.13. The van der Waals surface area contributed by atoms with Crippen molar-refractivity contribution in [1.29, 1.82) is 0 Å². The third-order valence-corrected chi connectivity index (χ3v) is 11.7. The average molecular weight is 591 g/mol. The minimum Gasteiger partial charge on any atom is -0.461 e. The highest BCUT2D eigenvalue weighted by Crippen LogP contribution is 2.68.